The van der Waals surface area contributed by atoms with Gasteiger partial charge in [-0.25, -0.2) is 0 Å². The van der Waals surface area contributed by atoms with Gasteiger partial charge < -0.3 is 4.74 Å². The third-order valence-electron chi connectivity index (χ3n) is 2.45. The monoisotopic (exact) mass is 189 g/mol. The summed E-state index contributed by atoms with van der Waals surface area (Å²) in [5.41, 5.74) is 0. The minimum Gasteiger partial charge on any atom is -0.472 e. The summed E-state index contributed by atoms with van der Waals surface area (Å²) in [6.07, 6.45) is 3.15. The van der Waals surface area contributed by atoms with Gasteiger partial charge in [0.15, 0.2) is 6.23 Å². The van der Waals surface area contributed by atoms with E-state index in [1.807, 2.05) is 36.4 Å². The molecule has 0 aromatic heterocycles. The van der Waals surface area contributed by atoms with E-state index in [0.717, 1.165) is 18.8 Å². The van der Waals surface area contributed by atoms with Gasteiger partial charge in [-0.1, -0.05) is 24.8 Å². The van der Waals surface area contributed by atoms with Gasteiger partial charge in [-0.15, -0.1) is 0 Å². The lowest BCUT2D eigenvalue weighted by molar-refractivity contribution is 0.0176. The quantitative estimate of drug-likeness (QED) is 0.674. The van der Waals surface area contributed by atoms with Gasteiger partial charge in [0.2, 0.25) is 0 Å². The molecule has 2 nitrogen and oxygen atoms in total. The molecule has 1 heterocycles. The summed E-state index contributed by atoms with van der Waals surface area (Å²) in [4.78, 5) is 2.26. The molecule has 0 N–H and O–H groups in total. The predicted molar refractivity (Wildman–Crippen MR) is 57.2 cm³/mol. The van der Waals surface area contributed by atoms with Crippen molar-refractivity contribution in [2.45, 2.75) is 12.6 Å². The largest absolute Gasteiger partial charge is 0.472 e. The van der Waals surface area contributed by atoms with Crippen molar-refractivity contribution >= 4 is 0 Å². The molecule has 74 valence electrons. The SMILES string of the molecule is C=CC(Oc1ccccc1)N1CCC1. The first-order chi connectivity index (χ1) is 6.90. The molecule has 1 unspecified atom stereocenters. The van der Waals surface area contributed by atoms with Crippen LogP contribution in [0.25, 0.3) is 0 Å². The Morgan fingerprint density at radius 3 is 2.50 bits per heavy atom. The molecule has 1 aromatic carbocycles. The van der Waals surface area contributed by atoms with Crippen molar-refractivity contribution in [1.29, 1.82) is 0 Å². The number of benzene rings is 1. The van der Waals surface area contributed by atoms with Gasteiger partial charge >= 0.3 is 0 Å². The summed E-state index contributed by atoms with van der Waals surface area (Å²) < 4.78 is 5.78. The van der Waals surface area contributed by atoms with Crippen molar-refractivity contribution in [2.75, 3.05) is 13.1 Å². The van der Waals surface area contributed by atoms with Crippen LogP contribution >= 0.6 is 0 Å². The molecular formula is C12H15NO. The second-order valence-electron chi connectivity index (χ2n) is 3.45. The first-order valence-electron chi connectivity index (χ1n) is 4.98. The Labute approximate surface area is 84.8 Å². The van der Waals surface area contributed by atoms with Crippen LogP contribution in [0, 0.1) is 0 Å². The Morgan fingerprint density at radius 2 is 2.00 bits per heavy atom. The lowest BCUT2D eigenvalue weighted by Gasteiger charge is -2.36. The molecule has 1 aliphatic heterocycles. The lowest BCUT2D eigenvalue weighted by Crippen LogP contribution is -2.46. The van der Waals surface area contributed by atoms with Crippen LogP contribution in [-0.2, 0) is 0 Å². The molecule has 0 spiro atoms. The van der Waals surface area contributed by atoms with Crippen LogP contribution in [0.5, 0.6) is 5.75 Å². The molecule has 1 aromatic rings. The Bertz CT molecular complexity index is 292. The van der Waals surface area contributed by atoms with Crippen molar-refractivity contribution in [1.82, 2.24) is 4.90 Å². The van der Waals surface area contributed by atoms with Crippen LogP contribution in [0.2, 0.25) is 0 Å². The highest BCUT2D eigenvalue weighted by Gasteiger charge is 2.22. The van der Waals surface area contributed by atoms with Gasteiger partial charge in [-0.05, 0) is 24.6 Å². The van der Waals surface area contributed by atoms with Gasteiger partial charge in [0.05, 0.1) is 0 Å². The molecule has 0 radical (unpaired) electrons. The van der Waals surface area contributed by atoms with Gasteiger partial charge in [0.25, 0.3) is 0 Å². The van der Waals surface area contributed by atoms with Crippen LogP contribution in [-0.4, -0.2) is 24.2 Å². The second kappa shape index (κ2) is 4.29. The minimum absolute atomic E-state index is 0.0335. The van der Waals surface area contributed by atoms with E-state index in [2.05, 4.69) is 11.5 Å². The molecule has 14 heavy (non-hydrogen) atoms. The topological polar surface area (TPSA) is 12.5 Å². The number of para-hydroxylation sites is 1. The third-order valence-corrected chi connectivity index (χ3v) is 2.45. The summed E-state index contributed by atoms with van der Waals surface area (Å²) in [6.45, 7) is 6.02. The number of ether oxygens (including phenoxy) is 1. The molecular weight excluding hydrogens is 174 g/mol. The molecule has 0 saturated carbocycles. The van der Waals surface area contributed by atoms with Crippen LogP contribution in [0.15, 0.2) is 43.0 Å². The summed E-state index contributed by atoms with van der Waals surface area (Å²) in [5.74, 6) is 0.907. The Kier molecular flexibility index (Phi) is 2.84. The minimum atomic E-state index is 0.0335. The van der Waals surface area contributed by atoms with Crippen molar-refractivity contribution < 1.29 is 4.74 Å². The highest BCUT2D eigenvalue weighted by Crippen LogP contribution is 2.17. The molecule has 2 rings (SSSR count). The number of hydrogen-bond acceptors (Lipinski definition) is 2. The second-order valence-corrected chi connectivity index (χ2v) is 3.45. The normalized spacial score (nSPS) is 18.3. The highest BCUT2D eigenvalue weighted by atomic mass is 16.5. The fourth-order valence-electron chi connectivity index (χ4n) is 1.51. The van der Waals surface area contributed by atoms with E-state index in [1.54, 1.807) is 0 Å². The maximum atomic E-state index is 5.78. The smallest absolute Gasteiger partial charge is 0.171 e. The van der Waals surface area contributed by atoms with Crippen molar-refractivity contribution in [2.24, 2.45) is 0 Å². The number of likely N-dealkylation sites (tertiary alicyclic amines) is 1. The van der Waals surface area contributed by atoms with Crippen LogP contribution in [0.1, 0.15) is 6.42 Å². The van der Waals surface area contributed by atoms with E-state index in [9.17, 15) is 0 Å². The lowest BCUT2D eigenvalue weighted by atomic mass is 10.2. The van der Waals surface area contributed by atoms with Crippen LogP contribution < -0.4 is 4.74 Å². The molecule has 0 aliphatic carbocycles. The van der Waals surface area contributed by atoms with E-state index >= 15 is 0 Å². The molecule has 2 heteroatoms. The maximum absolute atomic E-state index is 5.78. The zero-order valence-corrected chi connectivity index (χ0v) is 8.23. The van der Waals surface area contributed by atoms with Crippen molar-refractivity contribution in [3.8, 4) is 5.75 Å². The molecule has 0 bridgehead atoms. The van der Waals surface area contributed by atoms with Gasteiger partial charge in [0, 0.05) is 13.1 Å². The average molecular weight is 189 g/mol. The first-order valence-corrected chi connectivity index (χ1v) is 4.98. The van der Waals surface area contributed by atoms with Crippen molar-refractivity contribution in [3.05, 3.63) is 43.0 Å². The number of nitrogens with zero attached hydrogens (tertiary/aromatic N) is 1. The van der Waals surface area contributed by atoms with Crippen molar-refractivity contribution in [3.63, 3.8) is 0 Å². The Morgan fingerprint density at radius 1 is 1.29 bits per heavy atom. The maximum Gasteiger partial charge on any atom is 0.171 e. The van der Waals surface area contributed by atoms with E-state index < -0.39 is 0 Å². The summed E-state index contributed by atoms with van der Waals surface area (Å²) >= 11 is 0. The zero-order chi connectivity index (χ0) is 9.80. The predicted octanol–water partition coefficient (Wildman–Crippen LogP) is 2.28. The molecule has 1 aliphatic rings. The number of hydrogen-bond donors (Lipinski definition) is 0. The fraction of sp³-hybridized carbons (Fsp3) is 0.333. The average Bonchev–Trinajstić information content (AvgIpc) is 2.15. The zero-order valence-electron chi connectivity index (χ0n) is 8.23. The standard InChI is InChI=1S/C12H15NO/c1-2-12(13-9-6-10-13)14-11-7-4-3-5-8-11/h2-5,7-8,12H,1,6,9-10H2. The Balaban J connectivity index is 1.97. The van der Waals surface area contributed by atoms with Gasteiger partial charge in [-0.2, -0.15) is 0 Å². The van der Waals surface area contributed by atoms with E-state index in [4.69, 9.17) is 4.74 Å². The highest BCUT2D eigenvalue weighted by molar-refractivity contribution is 5.21. The molecule has 1 saturated heterocycles. The van der Waals surface area contributed by atoms with E-state index in [1.165, 1.54) is 6.42 Å². The van der Waals surface area contributed by atoms with Crippen LogP contribution in [0.3, 0.4) is 0 Å². The number of rotatable bonds is 4. The van der Waals surface area contributed by atoms with Gasteiger partial charge in [0.1, 0.15) is 5.75 Å². The fourth-order valence-corrected chi connectivity index (χ4v) is 1.51. The summed E-state index contributed by atoms with van der Waals surface area (Å²) in [7, 11) is 0. The molecule has 1 fully saturated rings. The van der Waals surface area contributed by atoms with E-state index in [0.29, 0.717) is 0 Å². The molecule has 0 amide bonds. The first kappa shape index (κ1) is 9.28. The van der Waals surface area contributed by atoms with E-state index in [-0.39, 0.29) is 6.23 Å². The molecule has 1 atom stereocenters. The third kappa shape index (κ3) is 1.96. The van der Waals surface area contributed by atoms with Gasteiger partial charge in [-0.3, -0.25) is 4.90 Å². The summed E-state index contributed by atoms with van der Waals surface area (Å²) in [6, 6.07) is 9.88. The summed E-state index contributed by atoms with van der Waals surface area (Å²) in [5, 5.41) is 0. The Hall–Kier alpha value is -1.28. The van der Waals surface area contributed by atoms with Crippen LogP contribution in [0.4, 0.5) is 0 Å².